The van der Waals surface area contributed by atoms with Crippen LogP contribution >= 0.6 is 15.9 Å². The topological polar surface area (TPSA) is 15.3 Å². The van der Waals surface area contributed by atoms with Crippen LogP contribution in [0.3, 0.4) is 0 Å². The van der Waals surface area contributed by atoms with Gasteiger partial charge in [0.2, 0.25) is 0 Å². The lowest BCUT2D eigenvalue weighted by atomic mass is 10.2. The van der Waals surface area contributed by atoms with E-state index in [9.17, 15) is 8.78 Å². The third-order valence-electron chi connectivity index (χ3n) is 2.41. The van der Waals surface area contributed by atoms with Crippen LogP contribution < -0.4 is 10.2 Å². The number of rotatable bonds is 1. The Morgan fingerprint density at radius 1 is 1.13 bits per heavy atom. The van der Waals surface area contributed by atoms with Gasteiger partial charge in [-0.2, -0.15) is 0 Å². The highest BCUT2D eigenvalue weighted by molar-refractivity contribution is 9.10. The summed E-state index contributed by atoms with van der Waals surface area (Å²) in [6.07, 6.45) is 0. The first-order valence-corrected chi connectivity index (χ1v) is 5.58. The van der Waals surface area contributed by atoms with Gasteiger partial charge in [0.05, 0.1) is 0 Å². The standard InChI is InChI=1S/C10H11BrF2N2/c11-7-5-8(12)10(9(13)6-7)15-3-1-14-2-4-15/h5-6,14H,1-4H2. The average molecular weight is 277 g/mol. The van der Waals surface area contributed by atoms with E-state index < -0.39 is 11.6 Å². The van der Waals surface area contributed by atoms with E-state index in [1.165, 1.54) is 12.1 Å². The molecule has 1 N–H and O–H groups in total. The van der Waals surface area contributed by atoms with Gasteiger partial charge < -0.3 is 10.2 Å². The van der Waals surface area contributed by atoms with Crippen LogP contribution in [0.15, 0.2) is 16.6 Å². The minimum Gasteiger partial charge on any atom is -0.364 e. The van der Waals surface area contributed by atoms with Crippen LogP contribution in [0.25, 0.3) is 0 Å². The highest BCUT2D eigenvalue weighted by atomic mass is 79.9. The SMILES string of the molecule is Fc1cc(Br)cc(F)c1N1CCNCC1. The van der Waals surface area contributed by atoms with Crippen molar-refractivity contribution in [2.45, 2.75) is 0 Å². The lowest BCUT2D eigenvalue weighted by molar-refractivity contribution is 0.537. The van der Waals surface area contributed by atoms with Gasteiger partial charge in [0.15, 0.2) is 11.6 Å². The smallest absolute Gasteiger partial charge is 0.150 e. The molecule has 0 radical (unpaired) electrons. The van der Waals surface area contributed by atoms with E-state index in [-0.39, 0.29) is 5.69 Å². The normalized spacial score (nSPS) is 16.9. The van der Waals surface area contributed by atoms with Gasteiger partial charge in [0.1, 0.15) is 5.69 Å². The van der Waals surface area contributed by atoms with Crippen LogP contribution in [0.5, 0.6) is 0 Å². The third-order valence-corrected chi connectivity index (χ3v) is 2.87. The zero-order valence-corrected chi connectivity index (χ0v) is 9.65. The van der Waals surface area contributed by atoms with Gasteiger partial charge in [-0.25, -0.2) is 8.78 Å². The quantitative estimate of drug-likeness (QED) is 0.846. The summed E-state index contributed by atoms with van der Waals surface area (Å²) in [5, 5.41) is 3.14. The van der Waals surface area contributed by atoms with Crippen molar-refractivity contribution < 1.29 is 8.78 Å². The number of piperazine rings is 1. The Balaban J connectivity index is 2.33. The Morgan fingerprint density at radius 3 is 2.20 bits per heavy atom. The summed E-state index contributed by atoms with van der Waals surface area (Å²) < 4.78 is 27.6. The van der Waals surface area contributed by atoms with Gasteiger partial charge in [-0.1, -0.05) is 15.9 Å². The van der Waals surface area contributed by atoms with Crippen molar-refractivity contribution in [1.82, 2.24) is 5.32 Å². The van der Waals surface area contributed by atoms with Crippen LogP contribution in [0.1, 0.15) is 0 Å². The molecule has 0 amide bonds. The van der Waals surface area contributed by atoms with Crippen molar-refractivity contribution in [3.05, 3.63) is 28.2 Å². The summed E-state index contributed by atoms with van der Waals surface area (Å²) in [4.78, 5) is 1.73. The number of anilines is 1. The van der Waals surface area contributed by atoms with Gasteiger partial charge in [-0.3, -0.25) is 0 Å². The molecule has 1 aromatic rings. The molecule has 0 spiro atoms. The maximum absolute atomic E-state index is 13.6. The summed E-state index contributed by atoms with van der Waals surface area (Å²) >= 11 is 3.06. The molecule has 5 heteroatoms. The van der Waals surface area contributed by atoms with E-state index in [4.69, 9.17) is 0 Å². The molecule has 1 fully saturated rings. The zero-order valence-electron chi connectivity index (χ0n) is 8.06. The molecule has 1 aliphatic heterocycles. The van der Waals surface area contributed by atoms with Crippen LogP contribution in [0, 0.1) is 11.6 Å². The Kier molecular flexibility index (Phi) is 3.21. The molecule has 82 valence electrons. The summed E-state index contributed by atoms with van der Waals surface area (Å²) in [6, 6.07) is 2.58. The van der Waals surface area contributed by atoms with Gasteiger partial charge >= 0.3 is 0 Å². The second-order valence-electron chi connectivity index (χ2n) is 3.46. The maximum atomic E-state index is 13.6. The van der Waals surface area contributed by atoms with Gasteiger partial charge in [-0.15, -0.1) is 0 Å². The molecule has 2 nitrogen and oxygen atoms in total. The molecule has 0 aliphatic carbocycles. The third kappa shape index (κ3) is 2.29. The van der Waals surface area contributed by atoms with Crippen LogP contribution in [-0.2, 0) is 0 Å². The molecule has 1 heterocycles. The van der Waals surface area contributed by atoms with Crippen molar-refractivity contribution in [3.63, 3.8) is 0 Å². The van der Waals surface area contributed by atoms with Gasteiger partial charge in [0, 0.05) is 30.7 Å². The second-order valence-corrected chi connectivity index (χ2v) is 4.37. The van der Waals surface area contributed by atoms with E-state index in [1.807, 2.05) is 0 Å². The van der Waals surface area contributed by atoms with Crippen LogP contribution in [0.2, 0.25) is 0 Å². The Hall–Kier alpha value is -0.680. The molecule has 0 bridgehead atoms. The number of benzene rings is 1. The fraction of sp³-hybridized carbons (Fsp3) is 0.400. The minimum absolute atomic E-state index is 0.0831. The van der Waals surface area contributed by atoms with Crippen LogP contribution in [-0.4, -0.2) is 26.2 Å². The molecule has 0 saturated carbocycles. The Morgan fingerprint density at radius 2 is 1.67 bits per heavy atom. The monoisotopic (exact) mass is 276 g/mol. The summed E-state index contributed by atoms with van der Waals surface area (Å²) in [6.45, 7) is 2.79. The first kappa shape index (κ1) is 10.8. The first-order valence-electron chi connectivity index (χ1n) is 4.78. The van der Waals surface area contributed by atoms with Crippen molar-refractivity contribution in [1.29, 1.82) is 0 Å². The molecule has 0 aromatic heterocycles. The fourth-order valence-electron chi connectivity index (χ4n) is 1.73. The van der Waals surface area contributed by atoms with Crippen molar-refractivity contribution in [2.24, 2.45) is 0 Å². The summed E-state index contributed by atoms with van der Waals surface area (Å²) in [5.41, 5.74) is 0.0831. The maximum Gasteiger partial charge on any atom is 0.150 e. The second kappa shape index (κ2) is 4.45. The molecule has 2 rings (SSSR count). The van der Waals surface area contributed by atoms with Crippen LogP contribution in [0.4, 0.5) is 14.5 Å². The summed E-state index contributed by atoms with van der Waals surface area (Å²) in [7, 11) is 0. The Labute approximate surface area is 95.4 Å². The lowest BCUT2D eigenvalue weighted by Crippen LogP contribution is -2.44. The molecule has 1 aliphatic rings. The largest absolute Gasteiger partial charge is 0.364 e. The highest BCUT2D eigenvalue weighted by Crippen LogP contribution is 2.27. The molecule has 0 atom stereocenters. The fourth-order valence-corrected chi connectivity index (χ4v) is 2.13. The molecule has 0 unspecified atom stereocenters. The zero-order chi connectivity index (χ0) is 10.8. The molecule has 15 heavy (non-hydrogen) atoms. The van der Waals surface area contributed by atoms with Gasteiger partial charge in [0.25, 0.3) is 0 Å². The number of halogens is 3. The highest BCUT2D eigenvalue weighted by Gasteiger charge is 2.19. The molecular formula is C10H11BrF2N2. The van der Waals surface area contributed by atoms with Crippen molar-refractivity contribution in [2.75, 3.05) is 31.1 Å². The predicted octanol–water partition coefficient (Wildman–Crippen LogP) is 2.14. The van der Waals surface area contributed by atoms with Crippen molar-refractivity contribution in [3.8, 4) is 0 Å². The number of nitrogens with one attached hydrogen (secondary N) is 1. The molecule has 1 aromatic carbocycles. The number of hydrogen-bond acceptors (Lipinski definition) is 2. The molecule has 1 saturated heterocycles. The molecular weight excluding hydrogens is 266 g/mol. The van der Waals surface area contributed by atoms with Gasteiger partial charge in [-0.05, 0) is 12.1 Å². The van der Waals surface area contributed by atoms with E-state index in [0.717, 1.165) is 13.1 Å². The first-order chi connectivity index (χ1) is 7.18. The number of hydrogen-bond donors (Lipinski definition) is 1. The van der Waals surface area contributed by atoms with E-state index in [2.05, 4.69) is 21.2 Å². The van der Waals surface area contributed by atoms with Crippen molar-refractivity contribution >= 4 is 21.6 Å². The lowest BCUT2D eigenvalue weighted by Gasteiger charge is -2.29. The predicted molar refractivity (Wildman–Crippen MR) is 59.1 cm³/mol. The average Bonchev–Trinajstić information content (AvgIpc) is 2.17. The van der Waals surface area contributed by atoms with E-state index >= 15 is 0 Å². The van der Waals surface area contributed by atoms with E-state index in [1.54, 1.807) is 4.90 Å². The summed E-state index contributed by atoms with van der Waals surface area (Å²) in [5.74, 6) is -1.02. The Bertz CT molecular complexity index is 341. The number of nitrogens with zero attached hydrogens (tertiary/aromatic N) is 1. The van der Waals surface area contributed by atoms with E-state index in [0.29, 0.717) is 17.6 Å². The minimum atomic E-state index is -0.510.